The highest BCUT2D eigenvalue weighted by molar-refractivity contribution is 5.94. The summed E-state index contributed by atoms with van der Waals surface area (Å²) in [6, 6.07) is 15.2. The summed E-state index contributed by atoms with van der Waals surface area (Å²) in [7, 11) is 1.62. The van der Waals surface area contributed by atoms with Crippen LogP contribution >= 0.6 is 0 Å². The van der Waals surface area contributed by atoms with Gasteiger partial charge >= 0.3 is 0 Å². The zero-order valence-corrected chi connectivity index (χ0v) is 12.7. The van der Waals surface area contributed by atoms with Gasteiger partial charge in [-0.1, -0.05) is 36.4 Å². The van der Waals surface area contributed by atoms with Crippen molar-refractivity contribution in [1.82, 2.24) is 5.32 Å². The number of halogens is 1. The van der Waals surface area contributed by atoms with E-state index in [0.717, 1.165) is 29.5 Å². The van der Waals surface area contributed by atoms with Crippen molar-refractivity contribution in [1.29, 1.82) is 0 Å². The molecular formula is C19H20FNO. The molecule has 0 unspecified atom stereocenters. The summed E-state index contributed by atoms with van der Waals surface area (Å²) in [5.74, 6) is -0.0949. The van der Waals surface area contributed by atoms with Crippen molar-refractivity contribution in [3.63, 3.8) is 0 Å². The predicted molar refractivity (Wildman–Crippen MR) is 86.5 cm³/mol. The summed E-state index contributed by atoms with van der Waals surface area (Å²) in [6.45, 7) is 0. The van der Waals surface area contributed by atoms with Crippen LogP contribution in [0.2, 0.25) is 0 Å². The molecule has 1 fully saturated rings. The number of hydrogen-bond acceptors (Lipinski definition) is 1. The Morgan fingerprint density at radius 3 is 1.95 bits per heavy atom. The van der Waals surface area contributed by atoms with Gasteiger partial charge < -0.3 is 5.32 Å². The predicted octanol–water partition coefficient (Wildman–Crippen LogP) is 4.45. The number of carbonyl (C=O) groups excluding carboxylic acids is 1. The Hall–Kier alpha value is -2.16. The fraction of sp³-hybridized carbons (Fsp3) is 0.316. The zero-order valence-electron chi connectivity index (χ0n) is 12.7. The monoisotopic (exact) mass is 297 g/mol. The Labute approximate surface area is 130 Å². The van der Waals surface area contributed by atoms with Gasteiger partial charge in [-0.15, -0.1) is 0 Å². The van der Waals surface area contributed by atoms with Crippen molar-refractivity contribution in [3.8, 4) is 11.1 Å². The standard InChI is InChI=1S/C19H20FNO/c1-21-18(22)16-6-4-14(5-7-16)15-8-10-17(11-9-15)19(20)12-2-3-13-19/h4-11H,2-3,12-13H2,1H3,(H,21,22). The van der Waals surface area contributed by atoms with E-state index in [1.807, 2.05) is 36.4 Å². The third-order valence-electron chi connectivity index (χ3n) is 4.51. The van der Waals surface area contributed by atoms with Crippen molar-refractivity contribution < 1.29 is 9.18 Å². The normalized spacial score (nSPS) is 16.5. The minimum absolute atomic E-state index is 0.0949. The molecule has 0 aromatic heterocycles. The first-order valence-corrected chi connectivity index (χ1v) is 7.74. The van der Waals surface area contributed by atoms with Crippen LogP contribution in [-0.2, 0) is 5.67 Å². The topological polar surface area (TPSA) is 29.1 Å². The molecule has 1 saturated carbocycles. The summed E-state index contributed by atoms with van der Waals surface area (Å²) >= 11 is 0. The molecule has 0 bridgehead atoms. The van der Waals surface area contributed by atoms with Crippen LogP contribution in [0.1, 0.15) is 41.6 Å². The van der Waals surface area contributed by atoms with Gasteiger partial charge in [0.05, 0.1) is 0 Å². The number of nitrogens with one attached hydrogen (secondary N) is 1. The van der Waals surface area contributed by atoms with Gasteiger partial charge in [0.1, 0.15) is 5.67 Å². The first-order valence-electron chi connectivity index (χ1n) is 7.74. The van der Waals surface area contributed by atoms with E-state index < -0.39 is 5.67 Å². The molecule has 22 heavy (non-hydrogen) atoms. The molecule has 1 aliphatic carbocycles. The second-order valence-electron chi connectivity index (χ2n) is 5.91. The van der Waals surface area contributed by atoms with Crippen molar-refractivity contribution in [2.24, 2.45) is 0 Å². The molecule has 2 nitrogen and oxygen atoms in total. The number of hydrogen-bond donors (Lipinski definition) is 1. The van der Waals surface area contributed by atoms with Crippen molar-refractivity contribution >= 4 is 5.91 Å². The Morgan fingerprint density at radius 1 is 0.955 bits per heavy atom. The maximum Gasteiger partial charge on any atom is 0.251 e. The molecule has 114 valence electrons. The lowest BCUT2D eigenvalue weighted by Gasteiger charge is -2.19. The van der Waals surface area contributed by atoms with Crippen LogP contribution in [0.5, 0.6) is 0 Å². The Bertz CT molecular complexity index is 655. The van der Waals surface area contributed by atoms with E-state index in [1.165, 1.54) is 0 Å². The highest BCUT2D eigenvalue weighted by Crippen LogP contribution is 2.42. The average molecular weight is 297 g/mol. The summed E-state index contributed by atoms with van der Waals surface area (Å²) in [4.78, 5) is 11.5. The van der Waals surface area contributed by atoms with Gasteiger partial charge in [0.25, 0.3) is 5.91 Å². The van der Waals surface area contributed by atoms with E-state index in [1.54, 1.807) is 19.2 Å². The zero-order chi connectivity index (χ0) is 15.6. The van der Waals surface area contributed by atoms with Crippen LogP contribution < -0.4 is 5.32 Å². The maximum absolute atomic E-state index is 14.7. The van der Waals surface area contributed by atoms with Crippen LogP contribution in [0, 0.1) is 0 Å². The number of amides is 1. The number of rotatable bonds is 3. The van der Waals surface area contributed by atoms with Gasteiger partial charge in [-0.2, -0.15) is 0 Å². The molecule has 0 heterocycles. The van der Waals surface area contributed by atoms with Crippen LogP contribution in [0.15, 0.2) is 48.5 Å². The third kappa shape index (κ3) is 2.76. The molecule has 3 heteroatoms. The molecular weight excluding hydrogens is 277 g/mol. The van der Waals surface area contributed by atoms with Gasteiger partial charge in [0.2, 0.25) is 0 Å². The molecule has 1 amide bonds. The van der Waals surface area contributed by atoms with Crippen molar-refractivity contribution in [2.75, 3.05) is 7.05 Å². The van der Waals surface area contributed by atoms with E-state index >= 15 is 0 Å². The summed E-state index contributed by atoms with van der Waals surface area (Å²) in [5.41, 5.74) is 2.35. The van der Waals surface area contributed by atoms with Gasteiger partial charge in [-0.05, 0) is 54.5 Å². The Kier molecular flexibility index (Phi) is 3.97. The quantitative estimate of drug-likeness (QED) is 0.891. The van der Waals surface area contributed by atoms with E-state index in [-0.39, 0.29) is 5.91 Å². The number of benzene rings is 2. The van der Waals surface area contributed by atoms with Crippen LogP contribution in [0.4, 0.5) is 4.39 Å². The van der Waals surface area contributed by atoms with E-state index in [9.17, 15) is 9.18 Å². The first-order chi connectivity index (χ1) is 10.6. The average Bonchev–Trinajstić information content (AvgIpc) is 3.02. The molecule has 2 aromatic rings. The second-order valence-corrected chi connectivity index (χ2v) is 5.91. The van der Waals surface area contributed by atoms with Gasteiger partial charge in [-0.3, -0.25) is 4.79 Å². The molecule has 3 rings (SSSR count). The summed E-state index contributed by atoms with van der Waals surface area (Å²) < 4.78 is 14.7. The van der Waals surface area contributed by atoms with Crippen molar-refractivity contribution in [2.45, 2.75) is 31.4 Å². The van der Waals surface area contributed by atoms with Crippen LogP contribution in [-0.4, -0.2) is 13.0 Å². The minimum atomic E-state index is -1.14. The molecule has 0 spiro atoms. The van der Waals surface area contributed by atoms with Gasteiger partial charge in [0.15, 0.2) is 0 Å². The highest BCUT2D eigenvalue weighted by atomic mass is 19.1. The smallest absolute Gasteiger partial charge is 0.251 e. The third-order valence-corrected chi connectivity index (χ3v) is 4.51. The van der Waals surface area contributed by atoms with E-state index in [2.05, 4.69) is 5.32 Å². The van der Waals surface area contributed by atoms with E-state index in [0.29, 0.717) is 18.4 Å². The molecule has 1 aliphatic rings. The minimum Gasteiger partial charge on any atom is -0.355 e. The van der Waals surface area contributed by atoms with Crippen LogP contribution in [0.25, 0.3) is 11.1 Å². The Morgan fingerprint density at radius 2 is 1.45 bits per heavy atom. The summed E-state index contributed by atoms with van der Waals surface area (Å²) in [5, 5.41) is 2.60. The molecule has 1 N–H and O–H groups in total. The number of carbonyl (C=O) groups is 1. The molecule has 0 atom stereocenters. The molecule has 2 aromatic carbocycles. The van der Waals surface area contributed by atoms with Crippen LogP contribution in [0.3, 0.4) is 0 Å². The van der Waals surface area contributed by atoms with E-state index in [4.69, 9.17) is 0 Å². The largest absolute Gasteiger partial charge is 0.355 e. The first kappa shape index (κ1) is 14.8. The van der Waals surface area contributed by atoms with Crippen molar-refractivity contribution in [3.05, 3.63) is 59.7 Å². The highest BCUT2D eigenvalue weighted by Gasteiger charge is 2.35. The lowest BCUT2D eigenvalue weighted by Crippen LogP contribution is -2.17. The summed E-state index contributed by atoms with van der Waals surface area (Å²) in [6.07, 6.45) is 3.21. The molecule has 0 aliphatic heterocycles. The maximum atomic E-state index is 14.7. The lowest BCUT2D eigenvalue weighted by molar-refractivity contribution is 0.0963. The number of alkyl halides is 1. The molecule has 0 radical (unpaired) electrons. The van der Waals surface area contributed by atoms with Gasteiger partial charge in [0, 0.05) is 12.6 Å². The lowest BCUT2D eigenvalue weighted by atomic mass is 9.92. The van der Waals surface area contributed by atoms with Gasteiger partial charge in [-0.25, -0.2) is 4.39 Å². The SMILES string of the molecule is CNC(=O)c1ccc(-c2ccc(C3(F)CCCC3)cc2)cc1. The second kappa shape index (κ2) is 5.91. The Balaban J connectivity index is 1.82. The fourth-order valence-corrected chi connectivity index (χ4v) is 3.14. The molecule has 0 saturated heterocycles. The fourth-order valence-electron chi connectivity index (χ4n) is 3.14.